The van der Waals surface area contributed by atoms with Gasteiger partial charge in [0.05, 0.1) is 6.04 Å². The van der Waals surface area contributed by atoms with Crippen molar-refractivity contribution >= 4 is 11.9 Å². The van der Waals surface area contributed by atoms with Crippen molar-refractivity contribution < 1.29 is 24.2 Å². The van der Waals surface area contributed by atoms with Gasteiger partial charge in [-0.05, 0) is 43.4 Å². The third-order valence-corrected chi connectivity index (χ3v) is 4.49. The lowest BCUT2D eigenvalue weighted by molar-refractivity contribution is -0.139. The molecule has 0 aliphatic carbocycles. The minimum atomic E-state index is -1.01. The normalized spacial score (nSPS) is 17.8. The van der Waals surface area contributed by atoms with Crippen LogP contribution in [0.15, 0.2) is 24.3 Å². The van der Waals surface area contributed by atoms with Crippen LogP contribution in [-0.2, 0) is 14.3 Å². The first kappa shape index (κ1) is 18.3. The van der Waals surface area contributed by atoms with Crippen LogP contribution in [0.1, 0.15) is 38.3 Å². The number of benzene rings is 1. The highest BCUT2D eigenvalue weighted by Crippen LogP contribution is 2.25. The van der Waals surface area contributed by atoms with Crippen LogP contribution in [0.3, 0.4) is 0 Å². The lowest BCUT2D eigenvalue weighted by Crippen LogP contribution is -2.36. The van der Waals surface area contributed by atoms with Crippen LogP contribution in [0.2, 0.25) is 0 Å². The number of hydrogen-bond donors (Lipinski definition) is 2. The maximum atomic E-state index is 12.4. The van der Waals surface area contributed by atoms with Crippen LogP contribution in [0.4, 0.5) is 0 Å². The number of nitrogens with one attached hydrogen (secondary N) is 1. The summed E-state index contributed by atoms with van der Waals surface area (Å²) in [5, 5.41) is 11.6. The maximum absolute atomic E-state index is 12.4. The smallest absolute Gasteiger partial charge is 0.341 e. The van der Waals surface area contributed by atoms with Crippen molar-refractivity contribution in [2.75, 3.05) is 19.8 Å². The van der Waals surface area contributed by atoms with E-state index in [1.54, 1.807) is 12.1 Å². The molecule has 132 valence electrons. The van der Waals surface area contributed by atoms with E-state index in [0.717, 1.165) is 31.6 Å². The number of hydrogen-bond acceptors (Lipinski definition) is 4. The van der Waals surface area contributed by atoms with E-state index in [2.05, 4.69) is 5.32 Å². The minimum absolute atomic E-state index is 0.0328. The number of carboxylic acid groups (broad SMARTS) is 1. The molecule has 0 aromatic heterocycles. The largest absolute Gasteiger partial charge is 0.482 e. The summed E-state index contributed by atoms with van der Waals surface area (Å²) in [7, 11) is 0. The van der Waals surface area contributed by atoms with Crippen LogP contribution >= 0.6 is 0 Å². The molecule has 0 radical (unpaired) electrons. The van der Waals surface area contributed by atoms with Gasteiger partial charge < -0.3 is 19.9 Å². The average Bonchev–Trinajstić information content (AvgIpc) is 2.60. The number of aliphatic carboxylic acids is 1. The number of carbonyl (C=O) groups excluding carboxylic acids is 1. The molecular formula is C18H25NO5. The van der Waals surface area contributed by atoms with Gasteiger partial charge >= 0.3 is 5.97 Å². The summed E-state index contributed by atoms with van der Waals surface area (Å²) in [4.78, 5) is 22.9. The zero-order chi connectivity index (χ0) is 17.5. The molecule has 1 heterocycles. The fourth-order valence-corrected chi connectivity index (χ4v) is 2.86. The Balaban J connectivity index is 1.87. The summed E-state index contributed by atoms with van der Waals surface area (Å²) in [5.74, 6) is -0.120. The molecule has 0 spiro atoms. The van der Waals surface area contributed by atoms with Gasteiger partial charge in [-0.25, -0.2) is 4.79 Å². The van der Waals surface area contributed by atoms with Crippen LogP contribution in [0, 0.1) is 11.8 Å². The Hall–Kier alpha value is -2.08. The summed E-state index contributed by atoms with van der Waals surface area (Å²) in [5.41, 5.74) is 0.949. The van der Waals surface area contributed by atoms with Crippen LogP contribution < -0.4 is 10.1 Å². The zero-order valence-corrected chi connectivity index (χ0v) is 14.2. The molecule has 1 aliphatic heterocycles. The molecule has 0 saturated carbocycles. The van der Waals surface area contributed by atoms with Gasteiger partial charge in [-0.1, -0.05) is 19.1 Å². The van der Waals surface area contributed by atoms with Crippen molar-refractivity contribution in [3.8, 4) is 5.75 Å². The standard InChI is InChI=1S/C18H25NO5/c1-12(14-7-9-23-10-8-14)18(22)19-13(2)15-3-5-16(6-4-15)24-11-17(20)21/h3-6,12-14H,7-11H2,1-2H3,(H,19,22)(H,20,21). The molecule has 2 atom stereocenters. The molecule has 1 fully saturated rings. The fraction of sp³-hybridized carbons (Fsp3) is 0.556. The van der Waals surface area contributed by atoms with Gasteiger partial charge in [0, 0.05) is 19.1 Å². The summed E-state index contributed by atoms with van der Waals surface area (Å²) in [6, 6.07) is 6.97. The van der Waals surface area contributed by atoms with Crippen LogP contribution in [0.5, 0.6) is 5.75 Å². The van der Waals surface area contributed by atoms with Crippen LogP contribution in [-0.4, -0.2) is 36.8 Å². The second kappa shape index (κ2) is 8.68. The van der Waals surface area contributed by atoms with E-state index >= 15 is 0 Å². The Morgan fingerprint density at radius 3 is 2.46 bits per heavy atom. The molecule has 1 aliphatic rings. The second-order valence-corrected chi connectivity index (χ2v) is 6.22. The van der Waals surface area contributed by atoms with E-state index < -0.39 is 5.97 Å². The molecule has 24 heavy (non-hydrogen) atoms. The molecule has 2 N–H and O–H groups in total. The highest BCUT2D eigenvalue weighted by Gasteiger charge is 2.26. The average molecular weight is 335 g/mol. The number of carbonyl (C=O) groups is 2. The Bertz CT molecular complexity index is 551. The van der Waals surface area contributed by atoms with Gasteiger partial charge in [-0.3, -0.25) is 4.79 Å². The van der Waals surface area contributed by atoms with Crippen molar-refractivity contribution in [2.45, 2.75) is 32.7 Å². The lowest BCUT2D eigenvalue weighted by Gasteiger charge is -2.28. The minimum Gasteiger partial charge on any atom is -0.482 e. The first-order valence-electron chi connectivity index (χ1n) is 8.30. The van der Waals surface area contributed by atoms with Gasteiger partial charge in [0.1, 0.15) is 5.75 Å². The molecule has 2 unspecified atom stereocenters. The Morgan fingerprint density at radius 2 is 1.88 bits per heavy atom. The van der Waals surface area contributed by atoms with Crippen molar-refractivity contribution in [2.24, 2.45) is 11.8 Å². The summed E-state index contributed by atoms with van der Waals surface area (Å²) in [6.45, 7) is 5.00. The Kier molecular flexibility index (Phi) is 6.61. The Morgan fingerprint density at radius 1 is 1.25 bits per heavy atom. The topological polar surface area (TPSA) is 84.9 Å². The van der Waals surface area contributed by atoms with Crippen LogP contribution in [0.25, 0.3) is 0 Å². The number of carboxylic acids is 1. The molecule has 1 amide bonds. The first-order valence-corrected chi connectivity index (χ1v) is 8.30. The van der Waals surface area contributed by atoms with Crippen molar-refractivity contribution in [3.05, 3.63) is 29.8 Å². The van der Waals surface area contributed by atoms with Crippen molar-refractivity contribution in [1.29, 1.82) is 0 Å². The fourth-order valence-electron chi connectivity index (χ4n) is 2.86. The molecule has 6 nitrogen and oxygen atoms in total. The third kappa shape index (κ3) is 5.23. The predicted molar refractivity (Wildman–Crippen MR) is 88.8 cm³/mol. The lowest BCUT2D eigenvalue weighted by atomic mass is 9.86. The zero-order valence-electron chi connectivity index (χ0n) is 14.2. The van der Waals surface area contributed by atoms with Crippen molar-refractivity contribution in [1.82, 2.24) is 5.32 Å². The summed E-state index contributed by atoms with van der Waals surface area (Å²) in [6.07, 6.45) is 1.86. The molecule has 6 heteroatoms. The van der Waals surface area contributed by atoms with Crippen molar-refractivity contribution in [3.63, 3.8) is 0 Å². The number of rotatable bonds is 7. The molecule has 2 rings (SSSR count). The second-order valence-electron chi connectivity index (χ2n) is 6.22. The first-order chi connectivity index (χ1) is 11.5. The van der Waals surface area contributed by atoms with E-state index in [0.29, 0.717) is 11.7 Å². The van der Waals surface area contributed by atoms with Gasteiger partial charge in [-0.2, -0.15) is 0 Å². The van der Waals surface area contributed by atoms with E-state index in [-0.39, 0.29) is 24.5 Å². The number of ether oxygens (including phenoxy) is 2. The molecule has 1 aromatic carbocycles. The number of amides is 1. The van der Waals surface area contributed by atoms with Gasteiger partial charge in [0.15, 0.2) is 6.61 Å². The van der Waals surface area contributed by atoms with E-state index in [9.17, 15) is 9.59 Å². The Labute approximate surface area is 142 Å². The third-order valence-electron chi connectivity index (χ3n) is 4.49. The van der Waals surface area contributed by atoms with E-state index in [1.165, 1.54) is 0 Å². The van der Waals surface area contributed by atoms with Gasteiger partial charge in [0.2, 0.25) is 5.91 Å². The summed E-state index contributed by atoms with van der Waals surface area (Å²) >= 11 is 0. The SMILES string of the molecule is CC(NC(=O)C(C)C1CCOCC1)c1ccc(OCC(=O)O)cc1. The van der Waals surface area contributed by atoms with Gasteiger partial charge in [-0.15, -0.1) is 0 Å². The highest BCUT2D eigenvalue weighted by atomic mass is 16.5. The maximum Gasteiger partial charge on any atom is 0.341 e. The molecule has 0 bridgehead atoms. The summed E-state index contributed by atoms with van der Waals surface area (Å²) < 4.78 is 10.4. The van der Waals surface area contributed by atoms with E-state index in [1.807, 2.05) is 26.0 Å². The predicted octanol–water partition coefficient (Wildman–Crippen LogP) is 2.39. The quantitative estimate of drug-likeness (QED) is 0.799. The van der Waals surface area contributed by atoms with Gasteiger partial charge in [0.25, 0.3) is 0 Å². The highest BCUT2D eigenvalue weighted by molar-refractivity contribution is 5.79. The van der Waals surface area contributed by atoms with E-state index in [4.69, 9.17) is 14.6 Å². The molecule has 1 aromatic rings. The molecule has 1 saturated heterocycles. The monoisotopic (exact) mass is 335 g/mol. The molecular weight excluding hydrogens is 310 g/mol.